The summed E-state index contributed by atoms with van der Waals surface area (Å²) in [4.78, 5) is 37.4. The maximum atomic E-state index is 12.6. The van der Waals surface area contributed by atoms with Gasteiger partial charge < -0.3 is 10.1 Å². The molecule has 0 aliphatic heterocycles. The van der Waals surface area contributed by atoms with Crippen molar-refractivity contribution in [3.8, 4) is 5.75 Å². The van der Waals surface area contributed by atoms with Gasteiger partial charge in [0, 0.05) is 17.2 Å². The number of carbonyl (C=O) groups excluding carboxylic acids is 3. The van der Waals surface area contributed by atoms with E-state index in [0.717, 1.165) is 25.7 Å². The standard InChI is InChI=1S/C26H32N4O4S/c1-17(2)16-34-22-11-7-6-10-21(22)25(33)28-26(35)30-29-24(32)19-12-14-20(15-13-19)27-23(31)18-8-4-3-5-9-18/h6-7,10-15,17-18H,3-5,8-9,16H2,1-2H3,(H,27,31)(H,29,32)(H2,28,30,33,35). The predicted octanol–water partition coefficient (Wildman–Crippen LogP) is 4.19. The van der Waals surface area contributed by atoms with Gasteiger partial charge in [0.25, 0.3) is 11.8 Å². The lowest BCUT2D eigenvalue weighted by Crippen LogP contribution is -2.48. The molecule has 8 nitrogen and oxygen atoms in total. The van der Waals surface area contributed by atoms with Gasteiger partial charge in [0.2, 0.25) is 5.91 Å². The number of amides is 3. The Labute approximate surface area is 211 Å². The number of thiocarbonyl (C=S) groups is 1. The van der Waals surface area contributed by atoms with Gasteiger partial charge in [-0.3, -0.25) is 30.6 Å². The van der Waals surface area contributed by atoms with Crippen LogP contribution in [-0.2, 0) is 4.79 Å². The molecular weight excluding hydrogens is 464 g/mol. The molecule has 35 heavy (non-hydrogen) atoms. The highest BCUT2D eigenvalue weighted by Gasteiger charge is 2.21. The van der Waals surface area contributed by atoms with E-state index in [4.69, 9.17) is 17.0 Å². The summed E-state index contributed by atoms with van der Waals surface area (Å²) in [5, 5.41) is 5.39. The molecule has 0 radical (unpaired) electrons. The molecule has 186 valence electrons. The van der Waals surface area contributed by atoms with E-state index >= 15 is 0 Å². The Hall–Kier alpha value is -3.46. The van der Waals surface area contributed by atoms with Crippen molar-refractivity contribution in [2.24, 2.45) is 11.8 Å². The molecule has 1 aliphatic carbocycles. The van der Waals surface area contributed by atoms with Crippen molar-refractivity contribution in [2.75, 3.05) is 11.9 Å². The lowest BCUT2D eigenvalue weighted by Gasteiger charge is -2.20. The van der Waals surface area contributed by atoms with E-state index < -0.39 is 11.8 Å². The second-order valence-electron chi connectivity index (χ2n) is 8.96. The molecule has 0 bridgehead atoms. The van der Waals surface area contributed by atoms with Crippen LogP contribution in [0.1, 0.15) is 66.7 Å². The van der Waals surface area contributed by atoms with Crippen LogP contribution in [0.2, 0.25) is 0 Å². The van der Waals surface area contributed by atoms with E-state index in [0.29, 0.717) is 35.1 Å². The lowest BCUT2D eigenvalue weighted by molar-refractivity contribution is -0.120. The van der Waals surface area contributed by atoms with Crippen LogP contribution in [0.15, 0.2) is 48.5 Å². The summed E-state index contributed by atoms with van der Waals surface area (Å²) >= 11 is 5.13. The summed E-state index contributed by atoms with van der Waals surface area (Å²) in [6.45, 7) is 4.52. The Kier molecular flexibility index (Phi) is 9.60. The Morgan fingerprint density at radius 2 is 1.63 bits per heavy atom. The second kappa shape index (κ2) is 12.9. The monoisotopic (exact) mass is 496 g/mol. The first-order valence-corrected chi connectivity index (χ1v) is 12.3. The summed E-state index contributed by atoms with van der Waals surface area (Å²) in [7, 11) is 0. The van der Waals surface area contributed by atoms with Gasteiger partial charge in [-0.15, -0.1) is 0 Å². The average Bonchev–Trinajstić information content (AvgIpc) is 2.87. The number of rotatable bonds is 7. The van der Waals surface area contributed by atoms with Gasteiger partial charge in [0.05, 0.1) is 12.2 Å². The maximum Gasteiger partial charge on any atom is 0.269 e. The van der Waals surface area contributed by atoms with Crippen molar-refractivity contribution in [1.82, 2.24) is 16.2 Å². The molecule has 1 aliphatic rings. The van der Waals surface area contributed by atoms with Crippen molar-refractivity contribution >= 4 is 40.7 Å². The quantitative estimate of drug-likeness (QED) is 0.338. The van der Waals surface area contributed by atoms with E-state index in [2.05, 4.69) is 21.5 Å². The van der Waals surface area contributed by atoms with E-state index in [1.165, 1.54) is 6.42 Å². The molecule has 2 aromatic rings. The number of anilines is 1. The highest BCUT2D eigenvalue weighted by molar-refractivity contribution is 7.80. The molecule has 9 heteroatoms. The number of nitrogens with one attached hydrogen (secondary N) is 4. The minimum Gasteiger partial charge on any atom is -0.492 e. The fraction of sp³-hybridized carbons (Fsp3) is 0.385. The van der Waals surface area contributed by atoms with Gasteiger partial charge in [-0.05, 0) is 67.4 Å². The Bertz CT molecular complexity index is 1050. The molecule has 1 fully saturated rings. The van der Waals surface area contributed by atoms with Crippen LogP contribution in [0.5, 0.6) is 5.75 Å². The van der Waals surface area contributed by atoms with Crippen LogP contribution in [0.3, 0.4) is 0 Å². The Morgan fingerprint density at radius 3 is 2.31 bits per heavy atom. The first kappa shape index (κ1) is 26.2. The minimum atomic E-state index is -0.450. The molecule has 3 rings (SSSR count). The number of carbonyl (C=O) groups is 3. The first-order chi connectivity index (χ1) is 16.8. The third kappa shape index (κ3) is 8.06. The molecule has 0 spiro atoms. The summed E-state index contributed by atoms with van der Waals surface area (Å²) in [5.41, 5.74) is 6.35. The highest BCUT2D eigenvalue weighted by atomic mass is 32.1. The zero-order valence-electron chi connectivity index (χ0n) is 20.1. The number of hydrogen-bond donors (Lipinski definition) is 4. The van der Waals surface area contributed by atoms with Crippen LogP contribution < -0.4 is 26.2 Å². The SMILES string of the molecule is CC(C)COc1ccccc1C(=O)NC(=S)NNC(=O)c1ccc(NC(=O)C2CCCCC2)cc1. The average molecular weight is 497 g/mol. The van der Waals surface area contributed by atoms with Crippen molar-refractivity contribution in [3.63, 3.8) is 0 Å². The zero-order chi connectivity index (χ0) is 25.2. The lowest BCUT2D eigenvalue weighted by atomic mass is 9.88. The van der Waals surface area contributed by atoms with Gasteiger partial charge in [-0.1, -0.05) is 45.2 Å². The van der Waals surface area contributed by atoms with Gasteiger partial charge in [-0.2, -0.15) is 0 Å². The fourth-order valence-electron chi connectivity index (χ4n) is 3.74. The van der Waals surface area contributed by atoms with Gasteiger partial charge in [0.1, 0.15) is 5.75 Å². The number of hydrazine groups is 1. The topological polar surface area (TPSA) is 109 Å². The van der Waals surface area contributed by atoms with Crippen molar-refractivity contribution in [2.45, 2.75) is 46.0 Å². The third-order valence-corrected chi connectivity index (χ3v) is 5.82. The van der Waals surface area contributed by atoms with Gasteiger partial charge in [0.15, 0.2) is 5.11 Å². The number of ether oxygens (including phenoxy) is 1. The summed E-state index contributed by atoms with van der Waals surface area (Å²) in [5.74, 6) is -0.0317. The van der Waals surface area contributed by atoms with Crippen LogP contribution in [0.4, 0.5) is 5.69 Å². The van der Waals surface area contributed by atoms with E-state index in [-0.39, 0.29) is 16.9 Å². The van der Waals surface area contributed by atoms with Crippen LogP contribution >= 0.6 is 12.2 Å². The third-order valence-electron chi connectivity index (χ3n) is 5.61. The first-order valence-electron chi connectivity index (χ1n) is 11.9. The minimum absolute atomic E-state index is 0.0286. The second-order valence-corrected chi connectivity index (χ2v) is 9.37. The molecule has 0 atom stereocenters. The zero-order valence-corrected chi connectivity index (χ0v) is 20.9. The van der Waals surface area contributed by atoms with Crippen molar-refractivity contribution in [3.05, 3.63) is 59.7 Å². The molecule has 0 aromatic heterocycles. The highest BCUT2D eigenvalue weighted by Crippen LogP contribution is 2.25. The number of hydrogen-bond acceptors (Lipinski definition) is 5. The molecule has 0 saturated heterocycles. The molecule has 0 unspecified atom stereocenters. The van der Waals surface area contributed by atoms with Crippen LogP contribution in [0.25, 0.3) is 0 Å². The molecule has 4 N–H and O–H groups in total. The Morgan fingerprint density at radius 1 is 0.943 bits per heavy atom. The predicted molar refractivity (Wildman–Crippen MR) is 139 cm³/mol. The maximum absolute atomic E-state index is 12.6. The smallest absolute Gasteiger partial charge is 0.269 e. The fourth-order valence-corrected chi connectivity index (χ4v) is 3.88. The summed E-state index contributed by atoms with van der Waals surface area (Å²) in [6.07, 6.45) is 5.21. The van der Waals surface area contributed by atoms with Crippen LogP contribution in [0, 0.1) is 11.8 Å². The van der Waals surface area contributed by atoms with Crippen molar-refractivity contribution < 1.29 is 19.1 Å². The molecule has 3 amide bonds. The molecule has 2 aromatic carbocycles. The normalized spacial score (nSPS) is 13.6. The molecule has 1 saturated carbocycles. The van der Waals surface area contributed by atoms with Gasteiger partial charge in [-0.25, -0.2) is 0 Å². The van der Waals surface area contributed by atoms with Gasteiger partial charge >= 0.3 is 0 Å². The molecule has 0 heterocycles. The van der Waals surface area contributed by atoms with Crippen LogP contribution in [-0.4, -0.2) is 29.4 Å². The Balaban J connectivity index is 1.47. The number of para-hydroxylation sites is 1. The van der Waals surface area contributed by atoms with E-state index in [1.54, 1.807) is 48.5 Å². The van der Waals surface area contributed by atoms with E-state index in [1.807, 2.05) is 13.8 Å². The van der Waals surface area contributed by atoms with Crippen molar-refractivity contribution in [1.29, 1.82) is 0 Å². The van der Waals surface area contributed by atoms with E-state index in [9.17, 15) is 14.4 Å². The largest absolute Gasteiger partial charge is 0.492 e. The summed E-state index contributed by atoms with van der Waals surface area (Å²) in [6, 6.07) is 13.5. The number of benzene rings is 2. The summed E-state index contributed by atoms with van der Waals surface area (Å²) < 4.78 is 5.70. The molecular formula is C26H32N4O4S.